The van der Waals surface area contributed by atoms with Gasteiger partial charge in [-0.1, -0.05) is 29.8 Å². The number of carbonyl (C=O) groups excluding carboxylic acids is 1. The highest BCUT2D eigenvalue weighted by Gasteiger charge is 2.33. The quantitative estimate of drug-likeness (QED) is 0.672. The molecule has 0 aliphatic rings. The summed E-state index contributed by atoms with van der Waals surface area (Å²) in [5, 5.41) is 6.75. The summed E-state index contributed by atoms with van der Waals surface area (Å²) in [6.07, 6.45) is -3.09. The highest BCUT2D eigenvalue weighted by molar-refractivity contribution is 6.30. The van der Waals surface area contributed by atoms with Crippen LogP contribution in [0.15, 0.2) is 60.8 Å². The van der Waals surface area contributed by atoms with Gasteiger partial charge in [0.2, 0.25) is 0 Å². The van der Waals surface area contributed by atoms with Crippen LogP contribution in [-0.4, -0.2) is 15.7 Å². The molecule has 3 aromatic rings. The minimum absolute atomic E-state index is 0.00671. The Morgan fingerprint density at radius 2 is 1.93 bits per heavy atom. The van der Waals surface area contributed by atoms with Gasteiger partial charge in [-0.3, -0.25) is 4.79 Å². The van der Waals surface area contributed by atoms with Crippen LogP contribution < -0.4 is 10.1 Å². The van der Waals surface area contributed by atoms with Crippen molar-refractivity contribution < 1.29 is 22.7 Å². The van der Waals surface area contributed by atoms with Crippen LogP contribution in [0, 0.1) is 0 Å². The molecule has 1 amide bonds. The lowest BCUT2D eigenvalue weighted by Gasteiger charge is -2.12. The number of anilines is 1. The van der Waals surface area contributed by atoms with E-state index >= 15 is 0 Å². The van der Waals surface area contributed by atoms with E-state index in [2.05, 4.69) is 10.4 Å². The molecule has 2 aromatic carbocycles. The van der Waals surface area contributed by atoms with E-state index in [4.69, 9.17) is 16.3 Å². The Morgan fingerprint density at radius 3 is 2.67 bits per heavy atom. The van der Waals surface area contributed by atoms with Gasteiger partial charge in [-0.15, -0.1) is 0 Å². The van der Waals surface area contributed by atoms with E-state index < -0.39 is 17.6 Å². The maximum absolute atomic E-state index is 13.0. The highest BCUT2D eigenvalue weighted by atomic mass is 35.5. The summed E-state index contributed by atoms with van der Waals surface area (Å²) in [4.78, 5) is 12.2. The topological polar surface area (TPSA) is 56.2 Å². The average molecular weight is 396 g/mol. The maximum atomic E-state index is 13.0. The molecule has 0 bridgehead atoms. The number of ether oxygens (including phenoxy) is 1. The minimum atomic E-state index is -4.58. The number of nitrogens with zero attached hydrogens (tertiary/aromatic N) is 2. The van der Waals surface area contributed by atoms with Crippen molar-refractivity contribution in [2.75, 3.05) is 5.32 Å². The number of rotatable bonds is 5. The van der Waals surface area contributed by atoms with Crippen LogP contribution in [0.4, 0.5) is 18.9 Å². The van der Waals surface area contributed by atoms with Gasteiger partial charge in [0, 0.05) is 11.2 Å². The lowest BCUT2D eigenvalue weighted by Crippen LogP contribution is -2.17. The van der Waals surface area contributed by atoms with E-state index in [0.29, 0.717) is 10.8 Å². The molecule has 1 heterocycles. The van der Waals surface area contributed by atoms with Gasteiger partial charge in [0.15, 0.2) is 12.4 Å². The van der Waals surface area contributed by atoms with Gasteiger partial charge in [-0.05, 0) is 36.4 Å². The van der Waals surface area contributed by atoms with E-state index in [1.165, 1.54) is 35.1 Å². The zero-order valence-electron chi connectivity index (χ0n) is 13.7. The number of amides is 1. The molecule has 9 heteroatoms. The minimum Gasteiger partial charge on any atom is -0.471 e. The predicted molar refractivity (Wildman–Crippen MR) is 93.7 cm³/mol. The normalized spacial score (nSPS) is 11.3. The third-order valence-electron chi connectivity index (χ3n) is 3.51. The van der Waals surface area contributed by atoms with E-state index in [0.717, 1.165) is 6.07 Å². The first-order valence-corrected chi connectivity index (χ1v) is 8.10. The fourth-order valence-electron chi connectivity index (χ4n) is 2.28. The molecule has 27 heavy (non-hydrogen) atoms. The Kier molecular flexibility index (Phi) is 5.36. The van der Waals surface area contributed by atoms with Gasteiger partial charge >= 0.3 is 6.18 Å². The van der Waals surface area contributed by atoms with E-state index in [-0.39, 0.29) is 18.1 Å². The van der Waals surface area contributed by atoms with E-state index in [1.54, 1.807) is 24.3 Å². The van der Waals surface area contributed by atoms with Crippen molar-refractivity contribution in [2.24, 2.45) is 0 Å². The molecule has 0 radical (unpaired) electrons. The summed E-state index contributed by atoms with van der Waals surface area (Å²) in [5.74, 6) is -0.240. The standard InChI is InChI=1S/C18H13ClF3N3O2/c19-12-4-3-5-13(10-12)27-11-25-9-8-16(24-25)17(26)23-15-7-2-1-6-14(15)18(20,21)22/h1-10H,11H2,(H,23,26). The van der Waals surface area contributed by atoms with Gasteiger partial charge < -0.3 is 10.1 Å². The first-order valence-electron chi connectivity index (χ1n) is 7.72. The zero-order valence-corrected chi connectivity index (χ0v) is 14.5. The number of alkyl halides is 3. The fourth-order valence-corrected chi connectivity index (χ4v) is 2.46. The third kappa shape index (κ3) is 4.79. The van der Waals surface area contributed by atoms with Crippen LogP contribution in [0.25, 0.3) is 0 Å². The monoisotopic (exact) mass is 395 g/mol. The zero-order chi connectivity index (χ0) is 19.4. The molecule has 5 nitrogen and oxygen atoms in total. The molecule has 0 saturated carbocycles. The number of hydrogen-bond acceptors (Lipinski definition) is 3. The number of para-hydroxylation sites is 1. The highest BCUT2D eigenvalue weighted by Crippen LogP contribution is 2.34. The van der Waals surface area contributed by atoms with Crippen LogP contribution in [-0.2, 0) is 12.9 Å². The molecular weight excluding hydrogens is 383 g/mol. The van der Waals surface area contributed by atoms with Crippen LogP contribution in [0.5, 0.6) is 5.75 Å². The summed E-state index contributed by atoms with van der Waals surface area (Å²) in [6, 6.07) is 12.9. The maximum Gasteiger partial charge on any atom is 0.418 e. The van der Waals surface area contributed by atoms with Crippen molar-refractivity contribution in [2.45, 2.75) is 12.9 Å². The molecule has 0 spiro atoms. The van der Waals surface area contributed by atoms with Crippen LogP contribution in [0.1, 0.15) is 16.1 Å². The lowest BCUT2D eigenvalue weighted by atomic mass is 10.1. The molecule has 0 aliphatic heterocycles. The first kappa shape index (κ1) is 18.8. The summed E-state index contributed by atoms with van der Waals surface area (Å²) in [6.45, 7) is 0.00671. The van der Waals surface area contributed by atoms with Crippen molar-refractivity contribution >= 4 is 23.2 Å². The second kappa shape index (κ2) is 7.71. The van der Waals surface area contributed by atoms with E-state index in [1.807, 2.05) is 0 Å². The third-order valence-corrected chi connectivity index (χ3v) is 3.75. The van der Waals surface area contributed by atoms with Crippen molar-refractivity contribution in [1.82, 2.24) is 9.78 Å². The van der Waals surface area contributed by atoms with Crippen LogP contribution in [0.3, 0.4) is 0 Å². The summed E-state index contributed by atoms with van der Waals surface area (Å²) in [7, 11) is 0. The number of aromatic nitrogens is 2. The lowest BCUT2D eigenvalue weighted by molar-refractivity contribution is -0.136. The molecule has 1 aromatic heterocycles. The Hall–Kier alpha value is -3.00. The van der Waals surface area contributed by atoms with Gasteiger partial charge in [-0.25, -0.2) is 4.68 Å². The second-order valence-electron chi connectivity index (χ2n) is 5.47. The molecule has 0 saturated heterocycles. The van der Waals surface area contributed by atoms with Crippen molar-refractivity contribution in [3.05, 3.63) is 77.1 Å². The Labute approximate surface area is 157 Å². The first-order chi connectivity index (χ1) is 12.8. The number of halogens is 4. The fraction of sp³-hybridized carbons (Fsp3) is 0.111. The number of nitrogens with one attached hydrogen (secondary N) is 1. The molecule has 0 aliphatic carbocycles. The van der Waals surface area contributed by atoms with E-state index in [9.17, 15) is 18.0 Å². The average Bonchev–Trinajstić information content (AvgIpc) is 3.09. The second-order valence-corrected chi connectivity index (χ2v) is 5.91. The van der Waals surface area contributed by atoms with Crippen molar-refractivity contribution in [1.29, 1.82) is 0 Å². The van der Waals surface area contributed by atoms with Gasteiger partial charge in [0.25, 0.3) is 5.91 Å². The number of hydrogen-bond donors (Lipinski definition) is 1. The number of carbonyl (C=O) groups is 1. The van der Waals surface area contributed by atoms with Crippen molar-refractivity contribution in [3.63, 3.8) is 0 Å². The SMILES string of the molecule is O=C(Nc1ccccc1C(F)(F)F)c1ccn(COc2cccc(Cl)c2)n1. The van der Waals surface area contributed by atoms with Crippen LogP contribution in [0.2, 0.25) is 5.02 Å². The smallest absolute Gasteiger partial charge is 0.418 e. The molecular formula is C18H13ClF3N3O2. The Balaban J connectivity index is 1.67. The Morgan fingerprint density at radius 1 is 1.15 bits per heavy atom. The molecule has 3 rings (SSSR count). The number of benzene rings is 2. The Bertz CT molecular complexity index is 957. The predicted octanol–water partition coefficient (Wildman–Crippen LogP) is 4.84. The van der Waals surface area contributed by atoms with Gasteiger partial charge in [0.1, 0.15) is 5.75 Å². The summed E-state index contributed by atoms with van der Waals surface area (Å²) >= 11 is 5.86. The molecule has 0 atom stereocenters. The summed E-state index contributed by atoms with van der Waals surface area (Å²) in [5.41, 5.74) is -1.30. The van der Waals surface area contributed by atoms with Crippen molar-refractivity contribution in [3.8, 4) is 5.75 Å². The largest absolute Gasteiger partial charge is 0.471 e. The van der Waals surface area contributed by atoms with Gasteiger partial charge in [-0.2, -0.15) is 18.3 Å². The molecule has 1 N–H and O–H groups in total. The molecule has 0 fully saturated rings. The van der Waals surface area contributed by atoms with Crippen LogP contribution >= 0.6 is 11.6 Å². The molecule has 0 unspecified atom stereocenters. The van der Waals surface area contributed by atoms with Gasteiger partial charge in [0.05, 0.1) is 11.3 Å². The molecule has 140 valence electrons. The summed E-state index contributed by atoms with van der Waals surface area (Å²) < 4.78 is 45.8.